The Morgan fingerprint density at radius 3 is 2.77 bits per heavy atom. The van der Waals surface area contributed by atoms with Crippen LogP contribution < -0.4 is 4.74 Å². The number of aromatic hydroxyl groups is 1. The number of phenolic OH excluding ortho intramolecular Hbond substituents is 1. The number of fused-ring (bicyclic) bond motifs is 1. The van der Waals surface area contributed by atoms with Gasteiger partial charge in [0.1, 0.15) is 0 Å². The predicted molar refractivity (Wildman–Crippen MR) is 54.8 cm³/mol. The molecular formula is C10H10O2S. The average molecular weight is 194 g/mol. The first-order valence-corrected chi connectivity index (χ1v) is 4.79. The van der Waals surface area contributed by atoms with E-state index in [-0.39, 0.29) is 5.75 Å². The maximum Gasteiger partial charge on any atom is 0.161 e. The Balaban J connectivity index is 2.72. The lowest BCUT2D eigenvalue weighted by Gasteiger charge is -2.01. The lowest BCUT2D eigenvalue weighted by atomic mass is 10.2. The van der Waals surface area contributed by atoms with E-state index in [0.29, 0.717) is 5.75 Å². The summed E-state index contributed by atoms with van der Waals surface area (Å²) < 4.78 is 6.16. The van der Waals surface area contributed by atoms with Gasteiger partial charge in [-0.1, -0.05) is 0 Å². The van der Waals surface area contributed by atoms with Crippen molar-refractivity contribution >= 4 is 21.4 Å². The largest absolute Gasteiger partial charge is 0.504 e. The second-order valence-electron chi connectivity index (χ2n) is 2.92. The fourth-order valence-corrected chi connectivity index (χ4v) is 2.29. The SMILES string of the molecule is COc1cc2sc(C)cc2cc1O. The molecule has 0 fully saturated rings. The molecular weight excluding hydrogens is 184 g/mol. The fraction of sp³-hybridized carbons (Fsp3) is 0.200. The molecule has 13 heavy (non-hydrogen) atoms. The van der Waals surface area contributed by atoms with Crippen LogP contribution in [0, 0.1) is 6.92 Å². The Hall–Kier alpha value is -1.22. The van der Waals surface area contributed by atoms with Crippen molar-refractivity contribution in [3.8, 4) is 11.5 Å². The highest BCUT2D eigenvalue weighted by molar-refractivity contribution is 7.19. The van der Waals surface area contributed by atoms with Crippen LogP contribution in [0.25, 0.3) is 10.1 Å². The molecule has 0 atom stereocenters. The monoisotopic (exact) mass is 194 g/mol. The molecule has 0 aliphatic carbocycles. The van der Waals surface area contributed by atoms with Gasteiger partial charge in [0.25, 0.3) is 0 Å². The summed E-state index contributed by atoms with van der Waals surface area (Å²) in [6.45, 7) is 2.05. The number of methoxy groups -OCH3 is 1. The first kappa shape index (κ1) is 8.38. The molecule has 2 aromatic rings. The number of hydrogen-bond acceptors (Lipinski definition) is 3. The van der Waals surface area contributed by atoms with E-state index in [1.807, 2.05) is 13.0 Å². The number of aryl methyl sites for hydroxylation is 1. The summed E-state index contributed by atoms with van der Waals surface area (Å²) >= 11 is 1.70. The molecule has 2 nitrogen and oxygen atoms in total. The second-order valence-corrected chi connectivity index (χ2v) is 4.21. The van der Waals surface area contributed by atoms with Crippen molar-refractivity contribution in [2.45, 2.75) is 6.92 Å². The zero-order valence-corrected chi connectivity index (χ0v) is 8.31. The Morgan fingerprint density at radius 2 is 2.08 bits per heavy atom. The summed E-state index contributed by atoms with van der Waals surface area (Å²) in [4.78, 5) is 1.24. The molecule has 0 saturated carbocycles. The van der Waals surface area contributed by atoms with Crippen molar-refractivity contribution in [3.05, 3.63) is 23.1 Å². The molecule has 0 aliphatic rings. The smallest absolute Gasteiger partial charge is 0.161 e. The third-order valence-electron chi connectivity index (χ3n) is 1.94. The maximum atomic E-state index is 9.50. The highest BCUT2D eigenvalue weighted by atomic mass is 32.1. The van der Waals surface area contributed by atoms with Crippen molar-refractivity contribution in [3.63, 3.8) is 0 Å². The zero-order valence-electron chi connectivity index (χ0n) is 7.50. The van der Waals surface area contributed by atoms with E-state index in [4.69, 9.17) is 4.74 Å². The lowest BCUT2D eigenvalue weighted by Crippen LogP contribution is -1.81. The van der Waals surface area contributed by atoms with Crippen molar-refractivity contribution in [2.75, 3.05) is 7.11 Å². The Morgan fingerprint density at radius 1 is 1.31 bits per heavy atom. The quantitative estimate of drug-likeness (QED) is 0.756. The number of hydrogen-bond donors (Lipinski definition) is 1. The van der Waals surface area contributed by atoms with Gasteiger partial charge in [-0.3, -0.25) is 0 Å². The first-order chi connectivity index (χ1) is 6.20. The second kappa shape index (κ2) is 2.92. The van der Waals surface area contributed by atoms with Crippen LogP contribution in [0.3, 0.4) is 0 Å². The van der Waals surface area contributed by atoms with E-state index in [0.717, 1.165) is 10.1 Å². The minimum absolute atomic E-state index is 0.202. The summed E-state index contributed by atoms with van der Waals surface area (Å²) in [7, 11) is 1.56. The van der Waals surface area contributed by atoms with E-state index in [1.165, 1.54) is 4.88 Å². The standard InChI is InChI=1S/C10H10O2S/c1-6-3-7-4-8(11)9(12-2)5-10(7)13-6/h3-5,11H,1-2H3. The van der Waals surface area contributed by atoms with Gasteiger partial charge in [-0.05, 0) is 24.4 Å². The van der Waals surface area contributed by atoms with Crippen LogP contribution in [0.15, 0.2) is 18.2 Å². The number of phenols is 1. The summed E-state index contributed by atoms with van der Waals surface area (Å²) in [5, 5.41) is 10.6. The average Bonchev–Trinajstić information content (AvgIpc) is 2.42. The van der Waals surface area contributed by atoms with Crippen LogP contribution in [-0.4, -0.2) is 12.2 Å². The Kier molecular flexibility index (Phi) is 1.88. The summed E-state index contributed by atoms with van der Waals surface area (Å²) in [6.07, 6.45) is 0. The molecule has 0 bridgehead atoms. The molecule has 1 heterocycles. The Labute approximate surface area is 80.4 Å². The van der Waals surface area contributed by atoms with Crippen LogP contribution in [0.4, 0.5) is 0 Å². The van der Waals surface area contributed by atoms with E-state index < -0.39 is 0 Å². The van der Waals surface area contributed by atoms with Crippen molar-refractivity contribution in [1.29, 1.82) is 0 Å². The molecule has 1 aromatic carbocycles. The number of benzene rings is 1. The van der Waals surface area contributed by atoms with Crippen LogP contribution in [-0.2, 0) is 0 Å². The number of rotatable bonds is 1. The molecule has 0 radical (unpaired) electrons. The van der Waals surface area contributed by atoms with Gasteiger partial charge in [-0.2, -0.15) is 0 Å². The van der Waals surface area contributed by atoms with E-state index >= 15 is 0 Å². The first-order valence-electron chi connectivity index (χ1n) is 3.98. The van der Waals surface area contributed by atoms with Crippen molar-refractivity contribution in [1.82, 2.24) is 0 Å². The van der Waals surface area contributed by atoms with Gasteiger partial charge in [0.05, 0.1) is 7.11 Å². The van der Waals surface area contributed by atoms with Gasteiger partial charge in [0.15, 0.2) is 11.5 Å². The topological polar surface area (TPSA) is 29.5 Å². The highest BCUT2D eigenvalue weighted by Gasteiger charge is 2.05. The number of thiophene rings is 1. The van der Waals surface area contributed by atoms with Crippen LogP contribution in [0.5, 0.6) is 11.5 Å². The zero-order chi connectivity index (χ0) is 9.42. The molecule has 0 aliphatic heterocycles. The van der Waals surface area contributed by atoms with E-state index in [2.05, 4.69) is 6.07 Å². The normalized spacial score (nSPS) is 10.6. The molecule has 0 saturated heterocycles. The molecule has 68 valence electrons. The predicted octanol–water partition coefficient (Wildman–Crippen LogP) is 2.92. The van der Waals surface area contributed by atoms with Crippen molar-refractivity contribution < 1.29 is 9.84 Å². The van der Waals surface area contributed by atoms with E-state index in [1.54, 1.807) is 24.5 Å². The third-order valence-corrected chi connectivity index (χ3v) is 2.95. The summed E-state index contributed by atoms with van der Waals surface area (Å²) in [6, 6.07) is 5.65. The fourth-order valence-electron chi connectivity index (χ4n) is 1.35. The molecule has 0 spiro atoms. The Bertz CT molecular complexity index is 445. The molecule has 0 unspecified atom stereocenters. The summed E-state index contributed by atoms with van der Waals surface area (Å²) in [5.74, 6) is 0.738. The number of ether oxygens (including phenoxy) is 1. The van der Waals surface area contributed by atoms with Gasteiger partial charge in [0.2, 0.25) is 0 Å². The lowest BCUT2D eigenvalue weighted by molar-refractivity contribution is 0.374. The van der Waals surface area contributed by atoms with Gasteiger partial charge in [-0.15, -0.1) is 11.3 Å². The third kappa shape index (κ3) is 1.35. The van der Waals surface area contributed by atoms with Gasteiger partial charge >= 0.3 is 0 Å². The van der Waals surface area contributed by atoms with Gasteiger partial charge < -0.3 is 9.84 Å². The van der Waals surface area contributed by atoms with E-state index in [9.17, 15) is 5.11 Å². The van der Waals surface area contributed by atoms with Crippen LogP contribution in [0.2, 0.25) is 0 Å². The van der Waals surface area contributed by atoms with Crippen LogP contribution in [0.1, 0.15) is 4.88 Å². The summed E-state index contributed by atoms with van der Waals surface area (Å²) in [5.41, 5.74) is 0. The minimum atomic E-state index is 0.202. The molecule has 0 amide bonds. The minimum Gasteiger partial charge on any atom is -0.504 e. The molecule has 2 rings (SSSR count). The van der Waals surface area contributed by atoms with Crippen LogP contribution >= 0.6 is 11.3 Å². The maximum absolute atomic E-state index is 9.50. The molecule has 1 aromatic heterocycles. The van der Waals surface area contributed by atoms with Gasteiger partial charge in [-0.25, -0.2) is 0 Å². The van der Waals surface area contributed by atoms with Crippen molar-refractivity contribution in [2.24, 2.45) is 0 Å². The molecule has 1 N–H and O–H groups in total. The highest BCUT2D eigenvalue weighted by Crippen LogP contribution is 2.35. The molecule has 3 heteroatoms. The van der Waals surface area contributed by atoms with Gasteiger partial charge in [0, 0.05) is 15.6 Å².